The first-order chi connectivity index (χ1) is 24.7. The number of imidazole rings is 1. The predicted octanol–water partition coefficient (Wildman–Crippen LogP) is -3.78. The van der Waals surface area contributed by atoms with Gasteiger partial charge in [-0.25, -0.2) is 28.9 Å². The number of hydrogen-bond acceptors (Lipinski definition) is 20. The number of aliphatic hydroxyl groups excluding tert-OH is 5. The number of carboxylic acids is 2. The minimum Gasteiger partial charge on any atom is -0.481 e. The number of nitrogens with zero attached hydrogens (tertiary/aromatic N) is 5. The number of rotatable bonds is 14. The maximum absolute atomic E-state index is 12.4. The molecule has 0 aliphatic carbocycles. The van der Waals surface area contributed by atoms with Crippen molar-refractivity contribution >= 4 is 50.5 Å². The van der Waals surface area contributed by atoms with Crippen LogP contribution >= 0.6 is 15.6 Å². The van der Waals surface area contributed by atoms with E-state index in [1.807, 2.05) is 0 Å². The number of phosphoric acid groups is 2. The maximum Gasteiger partial charge on any atom is 0.481 e. The Balaban J connectivity index is 0.000000618. The number of carbonyl (C=O) groups excluding carboxylic acids is 1. The summed E-state index contributed by atoms with van der Waals surface area (Å²) in [6.07, 6.45) is -7.42. The van der Waals surface area contributed by atoms with E-state index in [1.54, 1.807) is 6.08 Å². The van der Waals surface area contributed by atoms with Crippen LogP contribution in [0.5, 0.6) is 0 Å². The van der Waals surface area contributed by atoms with Gasteiger partial charge in [-0.05, 0) is 6.42 Å². The molecule has 0 radical (unpaired) electrons. The van der Waals surface area contributed by atoms with Gasteiger partial charge in [-0.15, -0.1) is 0 Å². The van der Waals surface area contributed by atoms with E-state index in [1.165, 1.54) is 28.2 Å². The molecule has 13 N–H and O–H groups in total. The van der Waals surface area contributed by atoms with Gasteiger partial charge in [0.2, 0.25) is 5.91 Å². The number of aliphatic hydroxyl groups is 5. The van der Waals surface area contributed by atoms with Gasteiger partial charge in [-0.3, -0.25) is 23.2 Å². The highest BCUT2D eigenvalue weighted by Gasteiger charge is 2.48. The fourth-order valence-corrected chi connectivity index (χ4v) is 7.02. The number of ether oxygens (including phenoxy) is 2. The standard InChI is InChI=1S/C21H29N7O14P2.C4H6O5/c22-17-12-19(25-7-24-17)28(8-26-12)21-16(32)14(30)11(41-21)6-39-44(36,37)42-43(34,35)38-5-10-13(29)15(31)20(40-10)27-3-1-2-9(4-27)18(23)33;5-2(4(8)9)1-3(6)7/h1,3-4,7-8,10-11,13-16,20-21,29-32H,2,5-6H2,(H2,23,33)(H,34,35)(H,36,37)(H2,22,24,25);2,5H,1H2,(H,6,7)(H,8,9)/t10-,11-,13-,14-,15-,16-,20-,21-;/m1./s1. The number of allylic oxidation sites excluding steroid dienone is 1. The smallest absolute Gasteiger partial charge is 0.481 e. The molecule has 11 atom stereocenters. The van der Waals surface area contributed by atoms with E-state index in [4.69, 9.17) is 45.3 Å². The first-order valence-electron chi connectivity index (χ1n) is 14.9. The molecule has 1 amide bonds. The van der Waals surface area contributed by atoms with E-state index in [-0.39, 0.29) is 29.0 Å². The van der Waals surface area contributed by atoms with E-state index < -0.39 is 108 Å². The molecule has 53 heavy (non-hydrogen) atoms. The lowest BCUT2D eigenvalue weighted by atomic mass is 10.1. The molecule has 28 heteroatoms. The zero-order valence-corrected chi connectivity index (χ0v) is 28.6. The number of hydrogen-bond donors (Lipinski definition) is 11. The summed E-state index contributed by atoms with van der Waals surface area (Å²) in [5.41, 5.74) is 11.6. The van der Waals surface area contributed by atoms with Crippen LogP contribution < -0.4 is 11.5 Å². The molecule has 2 aromatic heterocycles. The van der Waals surface area contributed by atoms with Crippen LogP contribution in [0.3, 0.4) is 0 Å². The van der Waals surface area contributed by atoms with E-state index in [0.717, 1.165) is 6.33 Å². The second-order valence-corrected chi connectivity index (χ2v) is 14.3. The number of amides is 1. The van der Waals surface area contributed by atoms with Crippen LogP contribution in [-0.2, 0) is 46.3 Å². The Morgan fingerprint density at radius 3 is 2.02 bits per heavy atom. The molecule has 294 valence electrons. The van der Waals surface area contributed by atoms with Crippen LogP contribution in [0.25, 0.3) is 11.2 Å². The molecule has 2 saturated heterocycles. The predicted molar refractivity (Wildman–Crippen MR) is 168 cm³/mol. The van der Waals surface area contributed by atoms with Crippen molar-refractivity contribution in [3.05, 3.63) is 36.7 Å². The first-order valence-corrected chi connectivity index (χ1v) is 17.9. The molecule has 5 rings (SSSR count). The number of nitrogen functional groups attached to an aromatic ring is 1. The number of carboxylic acid groups (broad SMARTS) is 2. The summed E-state index contributed by atoms with van der Waals surface area (Å²) in [6, 6.07) is 0. The van der Waals surface area contributed by atoms with Crippen molar-refractivity contribution in [2.45, 2.75) is 68.0 Å². The second-order valence-electron chi connectivity index (χ2n) is 11.3. The zero-order chi connectivity index (χ0) is 39.4. The molecule has 2 aromatic rings. The highest BCUT2D eigenvalue weighted by Crippen LogP contribution is 2.60. The van der Waals surface area contributed by atoms with Crippen LogP contribution in [0.1, 0.15) is 19.1 Å². The zero-order valence-electron chi connectivity index (χ0n) is 26.8. The number of aromatic nitrogens is 4. The van der Waals surface area contributed by atoms with Crippen molar-refractivity contribution in [3.8, 4) is 0 Å². The lowest BCUT2D eigenvalue weighted by molar-refractivity contribution is -0.152. The molecule has 0 aromatic carbocycles. The van der Waals surface area contributed by atoms with Crippen LogP contribution in [-0.4, -0.2) is 150 Å². The molecule has 3 aliphatic rings. The Labute approximate surface area is 296 Å². The lowest BCUT2D eigenvalue weighted by Gasteiger charge is -2.28. The fourth-order valence-electron chi connectivity index (χ4n) is 4.93. The summed E-state index contributed by atoms with van der Waals surface area (Å²) in [7, 11) is -10.7. The van der Waals surface area contributed by atoms with E-state index in [0.29, 0.717) is 0 Å². The van der Waals surface area contributed by atoms with E-state index in [9.17, 15) is 53.7 Å². The summed E-state index contributed by atoms with van der Waals surface area (Å²) < 4.78 is 50.8. The van der Waals surface area contributed by atoms with Gasteiger partial charge in [-0.1, -0.05) is 6.08 Å². The number of phosphoric ester groups is 2. The SMILES string of the molecule is NC(=O)C1=CN([C@@H]2O[C@H](COP(=O)(O)OP(=O)(O)OC[C@H]3O[C@@H](n4cnc5c(N)ncnc54)[C@H](O)[C@@H]3O)[C@@H](O)[C@H]2O)C=CC1.O=C(O)CC(O)C(=O)O. The molecular weight excluding hydrogens is 764 g/mol. The van der Waals surface area contributed by atoms with Crippen LogP contribution in [0, 0.1) is 0 Å². The molecule has 0 spiro atoms. The Bertz CT molecular complexity index is 1830. The van der Waals surface area contributed by atoms with Crippen molar-refractivity contribution in [3.63, 3.8) is 0 Å². The van der Waals surface area contributed by atoms with Gasteiger partial charge >= 0.3 is 27.6 Å². The number of anilines is 1. The molecule has 26 nitrogen and oxygen atoms in total. The van der Waals surface area contributed by atoms with Crippen molar-refractivity contribution in [1.82, 2.24) is 24.4 Å². The van der Waals surface area contributed by atoms with Crippen LogP contribution in [0.15, 0.2) is 36.7 Å². The van der Waals surface area contributed by atoms with Crippen LogP contribution in [0.2, 0.25) is 0 Å². The van der Waals surface area contributed by atoms with E-state index in [2.05, 4.69) is 19.3 Å². The monoisotopic (exact) mass is 799 g/mol. The van der Waals surface area contributed by atoms with Gasteiger partial charge in [-0.2, -0.15) is 4.31 Å². The third-order valence-corrected chi connectivity index (χ3v) is 10.1. The maximum atomic E-state index is 12.4. The normalized spacial score (nSPS) is 29.8. The molecule has 3 unspecified atom stereocenters. The fraction of sp³-hybridized carbons (Fsp3) is 0.520. The summed E-state index contributed by atoms with van der Waals surface area (Å²) in [5, 5.41) is 65.8. The van der Waals surface area contributed by atoms with Gasteiger partial charge in [0.05, 0.1) is 26.0 Å². The number of carbonyl (C=O) groups is 3. The minimum absolute atomic E-state index is 0.0517. The highest BCUT2D eigenvalue weighted by atomic mass is 31.3. The number of fused-ring (bicyclic) bond motifs is 1. The Hall–Kier alpha value is -3.98. The Kier molecular flexibility index (Phi) is 13.4. The van der Waals surface area contributed by atoms with Gasteiger partial charge in [0.15, 0.2) is 30.0 Å². The molecule has 5 heterocycles. The summed E-state index contributed by atoms with van der Waals surface area (Å²) >= 11 is 0. The number of nitrogens with two attached hydrogens (primary N) is 2. The molecular formula is C25H35N7O19P2. The third-order valence-electron chi connectivity index (χ3n) is 7.53. The van der Waals surface area contributed by atoms with Crippen molar-refractivity contribution in [1.29, 1.82) is 0 Å². The number of aliphatic carboxylic acids is 2. The van der Waals surface area contributed by atoms with Crippen molar-refractivity contribution < 1.29 is 91.9 Å². The van der Waals surface area contributed by atoms with Crippen molar-refractivity contribution in [2.24, 2.45) is 5.73 Å². The van der Waals surface area contributed by atoms with Crippen molar-refractivity contribution in [2.75, 3.05) is 18.9 Å². The van der Waals surface area contributed by atoms with Gasteiger partial charge < -0.3 is 71.4 Å². The Morgan fingerprint density at radius 1 is 0.925 bits per heavy atom. The van der Waals surface area contributed by atoms with Gasteiger partial charge in [0, 0.05) is 18.0 Å². The summed E-state index contributed by atoms with van der Waals surface area (Å²) in [5.74, 6) is -3.50. The average molecular weight is 800 g/mol. The average Bonchev–Trinajstić information content (AvgIpc) is 3.72. The highest BCUT2D eigenvalue weighted by molar-refractivity contribution is 7.61. The Morgan fingerprint density at radius 2 is 1.49 bits per heavy atom. The quantitative estimate of drug-likeness (QED) is 0.0817. The van der Waals surface area contributed by atoms with Gasteiger partial charge in [0.25, 0.3) is 0 Å². The topological polar surface area (TPSA) is 412 Å². The molecule has 2 fully saturated rings. The molecule has 0 saturated carbocycles. The summed E-state index contributed by atoms with van der Waals surface area (Å²) in [4.78, 5) is 64.0. The van der Waals surface area contributed by atoms with Gasteiger partial charge in [0.1, 0.15) is 48.5 Å². The summed E-state index contributed by atoms with van der Waals surface area (Å²) in [6.45, 7) is -1.79. The van der Waals surface area contributed by atoms with Crippen LogP contribution in [0.4, 0.5) is 5.82 Å². The molecule has 3 aliphatic heterocycles. The van der Waals surface area contributed by atoms with E-state index >= 15 is 0 Å². The largest absolute Gasteiger partial charge is 0.481 e. The first kappa shape index (κ1) is 41.8. The minimum atomic E-state index is -5.37. The number of primary amides is 1. The molecule has 0 bridgehead atoms. The second kappa shape index (κ2) is 17.0. The third kappa shape index (κ3) is 10.4. The lowest BCUT2D eigenvalue weighted by Crippen LogP contribution is -2.40.